The fourth-order valence-corrected chi connectivity index (χ4v) is 4.73. The van der Waals surface area contributed by atoms with E-state index in [1.807, 2.05) is 0 Å². The molecule has 0 saturated carbocycles. The fourth-order valence-electron chi connectivity index (χ4n) is 1.65. The Morgan fingerprint density at radius 1 is 1.55 bits per heavy atom. The van der Waals surface area contributed by atoms with Crippen LogP contribution in [0, 0.1) is 0 Å². The lowest BCUT2D eigenvalue weighted by atomic mass is 10.4. The molecule has 1 saturated heterocycles. The minimum atomic E-state index is -1.52. The smallest absolute Gasteiger partial charge is 0.199 e. The molecule has 1 fully saturated rings. The Labute approximate surface area is 69.1 Å². The van der Waals surface area contributed by atoms with Crippen molar-refractivity contribution in [2.45, 2.75) is 37.9 Å². The molecule has 0 amide bonds. The normalized spacial score (nSPS) is 31.7. The maximum atomic E-state index is 10.4. The van der Waals surface area contributed by atoms with Gasteiger partial charge >= 0.3 is 0 Å². The zero-order valence-corrected chi connectivity index (χ0v) is 8.14. The second-order valence-electron chi connectivity index (χ2n) is 3.21. The van der Waals surface area contributed by atoms with E-state index in [2.05, 4.69) is 6.92 Å². The summed E-state index contributed by atoms with van der Waals surface area (Å²) >= 11 is 0. The number of carbonyl (C=O) groups excluding carboxylic acids is 1. The quantitative estimate of drug-likeness (QED) is 0.480. The highest BCUT2D eigenvalue weighted by molar-refractivity contribution is 6.76. The van der Waals surface area contributed by atoms with Gasteiger partial charge in [-0.1, -0.05) is 13.3 Å². The van der Waals surface area contributed by atoms with E-state index in [9.17, 15) is 4.79 Å². The molecule has 11 heavy (non-hydrogen) atoms. The van der Waals surface area contributed by atoms with Gasteiger partial charge in [-0.05, 0) is 18.5 Å². The number of aldehydes is 1. The first kappa shape index (κ1) is 8.94. The molecule has 3 heteroatoms. The molecule has 1 atom stereocenters. The van der Waals surface area contributed by atoms with Crippen molar-refractivity contribution in [3.8, 4) is 0 Å². The molecular weight excluding hydrogens is 156 g/mol. The molecule has 1 aliphatic rings. The van der Waals surface area contributed by atoms with Crippen LogP contribution in [0.3, 0.4) is 0 Å². The molecule has 64 valence electrons. The number of carbonyl (C=O) groups is 1. The van der Waals surface area contributed by atoms with Crippen LogP contribution in [-0.4, -0.2) is 21.2 Å². The predicted octanol–water partition coefficient (Wildman–Crippen LogP) is 1.96. The van der Waals surface area contributed by atoms with E-state index in [1.54, 1.807) is 0 Å². The molecule has 2 nitrogen and oxygen atoms in total. The third-order valence-corrected chi connectivity index (χ3v) is 6.82. The summed E-state index contributed by atoms with van der Waals surface area (Å²) in [6.45, 7) is 3.05. The van der Waals surface area contributed by atoms with Crippen LogP contribution in [0.5, 0.6) is 0 Å². The molecule has 0 aromatic heterocycles. The summed E-state index contributed by atoms with van der Waals surface area (Å²) in [5, 5.41) is 0. The minimum Gasteiger partial charge on any atom is -0.416 e. The molecule has 1 unspecified atom stereocenters. The topological polar surface area (TPSA) is 26.3 Å². The summed E-state index contributed by atoms with van der Waals surface area (Å²) in [7, 11) is -1.52. The van der Waals surface area contributed by atoms with E-state index < -0.39 is 8.32 Å². The van der Waals surface area contributed by atoms with Gasteiger partial charge in [0.05, 0.1) is 0 Å². The Hall–Kier alpha value is -0.153. The Morgan fingerprint density at radius 2 is 2.36 bits per heavy atom. The Bertz CT molecular complexity index is 130. The van der Waals surface area contributed by atoms with Gasteiger partial charge in [0.2, 0.25) is 0 Å². The van der Waals surface area contributed by atoms with E-state index in [1.165, 1.54) is 18.9 Å². The molecule has 1 rings (SSSR count). The Morgan fingerprint density at radius 3 is 2.82 bits per heavy atom. The number of hydrogen-bond donors (Lipinski definition) is 0. The summed E-state index contributed by atoms with van der Waals surface area (Å²) in [5.41, 5.74) is 0. The van der Waals surface area contributed by atoms with Gasteiger partial charge in [-0.3, -0.25) is 0 Å². The van der Waals surface area contributed by atoms with Gasteiger partial charge in [0.25, 0.3) is 0 Å². The molecule has 1 heterocycles. The number of hydrogen-bond acceptors (Lipinski definition) is 2. The number of rotatable bonds is 3. The molecule has 0 bridgehead atoms. The highest BCUT2D eigenvalue weighted by Crippen LogP contribution is 2.27. The lowest BCUT2D eigenvalue weighted by Crippen LogP contribution is -2.40. The average Bonchev–Trinajstić information content (AvgIpc) is 2.07. The SMILES string of the molecule is CC[Si]1(CC=O)CCCCO1. The van der Waals surface area contributed by atoms with Gasteiger partial charge in [-0.15, -0.1) is 0 Å². The van der Waals surface area contributed by atoms with Gasteiger partial charge in [0.15, 0.2) is 8.32 Å². The minimum absolute atomic E-state index is 0.712. The van der Waals surface area contributed by atoms with Crippen molar-refractivity contribution >= 4 is 14.6 Å². The van der Waals surface area contributed by atoms with Crippen molar-refractivity contribution in [3.05, 3.63) is 0 Å². The van der Waals surface area contributed by atoms with Crippen LogP contribution in [0.2, 0.25) is 18.1 Å². The first-order valence-electron chi connectivity index (χ1n) is 4.40. The molecule has 1 aliphatic heterocycles. The van der Waals surface area contributed by atoms with E-state index in [-0.39, 0.29) is 0 Å². The molecule has 0 aromatic rings. The summed E-state index contributed by atoms with van der Waals surface area (Å²) in [6, 6.07) is 3.01. The van der Waals surface area contributed by atoms with Gasteiger partial charge in [0, 0.05) is 12.7 Å². The molecule has 0 aliphatic carbocycles. The zero-order valence-electron chi connectivity index (χ0n) is 7.14. The van der Waals surface area contributed by atoms with Crippen LogP contribution in [0.1, 0.15) is 19.8 Å². The fraction of sp³-hybridized carbons (Fsp3) is 0.875. The predicted molar refractivity (Wildman–Crippen MR) is 47.1 cm³/mol. The lowest BCUT2D eigenvalue weighted by molar-refractivity contribution is -0.106. The van der Waals surface area contributed by atoms with Crippen molar-refractivity contribution in [1.29, 1.82) is 0 Å². The van der Waals surface area contributed by atoms with Crippen molar-refractivity contribution in [1.82, 2.24) is 0 Å². The summed E-state index contributed by atoms with van der Waals surface area (Å²) in [6.07, 6.45) is 3.50. The van der Waals surface area contributed by atoms with Gasteiger partial charge in [-0.2, -0.15) is 0 Å². The van der Waals surface area contributed by atoms with E-state index >= 15 is 0 Å². The second kappa shape index (κ2) is 4.02. The maximum absolute atomic E-state index is 10.4. The third kappa shape index (κ3) is 2.14. The zero-order chi connectivity index (χ0) is 8.16. The molecule has 0 aromatic carbocycles. The van der Waals surface area contributed by atoms with Crippen molar-refractivity contribution < 1.29 is 9.22 Å². The Kier molecular flexibility index (Phi) is 3.27. The monoisotopic (exact) mass is 172 g/mol. The highest BCUT2D eigenvalue weighted by Gasteiger charge is 2.34. The van der Waals surface area contributed by atoms with Gasteiger partial charge in [-0.25, -0.2) is 0 Å². The average molecular weight is 172 g/mol. The molecule has 0 radical (unpaired) electrons. The van der Waals surface area contributed by atoms with Crippen molar-refractivity contribution in [2.24, 2.45) is 0 Å². The van der Waals surface area contributed by atoms with Gasteiger partial charge in [0.1, 0.15) is 6.29 Å². The van der Waals surface area contributed by atoms with Crippen LogP contribution < -0.4 is 0 Å². The van der Waals surface area contributed by atoms with Gasteiger partial charge < -0.3 is 9.22 Å². The van der Waals surface area contributed by atoms with E-state index in [0.29, 0.717) is 6.04 Å². The van der Waals surface area contributed by atoms with Crippen LogP contribution in [-0.2, 0) is 9.22 Å². The Balaban J connectivity index is 2.49. The largest absolute Gasteiger partial charge is 0.416 e. The standard InChI is InChI=1S/C8H16O2Si/c1-2-11(8-5-9)7-4-3-6-10-11/h5H,2-4,6-8H2,1H3. The molecule has 0 spiro atoms. The summed E-state index contributed by atoms with van der Waals surface area (Å²) in [4.78, 5) is 10.4. The first-order chi connectivity index (χ1) is 5.33. The summed E-state index contributed by atoms with van der Waals surface area (Å²) < 4.78 is 5.76. The van der Waals surface area contributed by atoms with Crippen LogP contribution in [0.15, 0.2) is 0 Å². The molecular formula is C8H16O2Si. The van der Waals surface area contributed by atoms with E-state index in [4.69, 9.17) is 4.43 Å². The third-order valence-electron chi connectivity index (χ3n) is 2.53. The van der Waals surface area contributed by atoms with Crippen LogP contribution >= 0.6 is 0 Å². The first-order valence-corrected chi connectivity index (χ1v) is 6.93. The van der Waals surface area contributed by atoms with E-state index in [0.717, 1.165) is 18.9 Å². The van der Waals surface area contributed by atoms with Crippen molar-refractivity contribution in [2.75, 3.05) is 6.61 Å². The van der Waals surface area contributed by atoms with Crippen molar-refractivity contribution in [3.63, 3.8) is 0 Å². The lowest BCUT2D eigenvalue weighted by Gasteiger charge is -2.32. The maximum Gasteiger partial charge on any atom is 0.199 e. The highest BCUT2D eigenvalue weighted by atomic mass is 28.4. The van der Waals surface area contributed by atoms with Crippen LogP contribution in [0.25, 0.3) is 0 Å². The van der Waals surface area contributed by atoms with Crippen LogP contribution in [0.4, 0.5) is 0 Å². The second-order valence-corrected chi connectivity index (χ2v) is 7.48. The summed E-state index contributed by atoms with van der Waals surface area (Å²) in [5.74, 6) is 0. The molecule has 0 N–H and O–H groups in total.